The minimum atomic E-state index is -4.13. The highest BCUT2D eigenvalue weighted by molar-refractivity contribution is 7.89. The van der Waals surface area contributed by atoms with Crippen molar-refractivity contribution in [2.75, 3.05) is 5.73 Å². The average molecular weight is 288 g/mol. The molecule has 7 heteroatoms. The lowest BCUT2D eigenvalue weighted by atomic mass is 10.2. The maximum Gasteiger partial charge on any atom is 0.243 e. The van der Waals surface area contributed by atoms with Crippen molar-refractivity contribution in [1.29, 1.82) is 0 Å². The van der Waals surface area contributed by atoms with Crippen LogP contribution in [0.1, 0.15) is 19.8 Å². The highest BCUT2D eigenvalue weighted by Crippen LogP contribution is 2.23. The summed E-state index contributed by atoms with van der Waals surface area (Å²) in [6.07, 6.45) is 5.73. The molecule has 0 saturated heterocycles. The van der Waals surface area contributed by atoms with Gasteiger partial charge in [0.2, 0.25) is 10.0 Å². The van der Waals surface area contributed by atoms with E-state index in [1.165, 1.54) is 0 Å². The molecule has 1 atom stereocenters. The number of nitrogens with two attached hydrogens (primary N) is 1. The molecule has 0 saturated carbocycles. The lowest BCUT2D eigenvalue weighted by molar-refractivity contribution is 0.527. The van der Waals surface area contributed by atoms with E-state index < -0.39 is 38.3 Å². The number of hydrogen-bond acceptors (Lipinski definition) is 3. The molecule has 1 rings (SSSR count). The van der Waals surface area contributed by atoms with Crippen molar-refractivity contribution in [1.82, 2.24) is 4.72 Å². The number of terminal acetylenes is 1. The molecule has 0 aliphatic heterocycles. The van der Waals surface area contributed by atoms with E-state index in [2.05, 4.69) is 10.6 Å². The number of hydrogen-bond donors (Lipinski definition) is 2. The van der Waals surface area contributed by atoms with Gasteiger partial charge in [-0.15, -0.1) is 12.3 Å². The summed E-state index contributed by atoms with van der Waals surface area (Å²) in [5.41, 5.74) is 4.30. The molecule has 0 heterocycles. The van der Waals surface area contributed by atoms with E-state index in [1.54, 1.807) is 6.92 Å². The summed E-state index contributed by atoms with van der Waals surface area (Å²) in [7, 11) is -4.13. The van der Waals surface area contributed by atoms with E-state index in [0.29, 0.717) is 6.42 Å². The van der Waals surface area contributed by atoms with Gasteiger partial charge in [0.25, 0.3) is 0 Å². The third-order valence-electron chi connectivity index (χ3n) is 2.56. The van der Waals surface area contributed by atoms with Crippen LogP contribution in [0.2, 0.25) is 0 Å². The molecule has 0 amide bonds. The van der Waals surface area contributed by atoms with E-state index in [0.717, 1.165) is 12.1 Å². The van der Waals surface area contributed by atoms with Crippen LogP contribution in [0.5, 0.6) is 0 Å². The highest BCUT2D eigenvalue weighted by atomic mass is 32.2. The number of anilines is 1. The largest absolute Gasteiger partial charge is 0.394 e. The number of halogens is 2. The summed E-state index contributed by atoms with van der Waals surface area (Å²) in [4.78, 5) is -0.693. The number of nitrogen functional groups attached to an aromatic ring is 1. The van der Waals surface area contributed by atoms with Gasteiger partial charge < -0.3 is 5.73 Å². The number of benzene rings is 1. The van der Waals surface area contributed by atoms with Gasteiger partial charge in [-0.2, -0.15) is 0 Å². The molecule has 3 N–H and O–H groups in total. The van der Waals surface area contributed by atoms with Gasteiger partial charge in [-0.3, -0.25) is 0 Å². The predicted molar refractivity (Wildman–Crippen MR) is 68.6 cm³/mol. The first-order valence-electron chi connectivity index (χ1n) is 5.52. The van der Waals surface area contributed by atoms with Gasteiger partial charge in [-0.1, -0.05) is 6.92 Å². The molecule has 19 heavy (non-hydrogen) atoms. The van der Waals surface area contributed by atoms with Crippen molar-refractivity contribution >= 4 is 15.7 Å². The first-order chi connectivity index (χ1) is 8.83. The highest BCUT2D eigenvalue weighted by Gasteiger charge is 2.24. The first kappa shape index (κ1) is 15.4. The van der Waals surface area contributed by atoms with Crippen LogP contribution in [-0.4, -0.2) is 14.5 Å². The summed E-state index contributed by atoms with van der Waals surface area (Å²) in [5.74, 6) is 0.0125. The van der Waals surface area contributed by atoms with Crippen molar-refractivity contribution < 1.29 is 17.2 Å². The van der Waals surface area contributed by atoms with Crippen molar-refractivity contribution in [3.05, 3.63) is 23.8 Å². The quantitative estimate of drug-likeness (QED) is 0.639. The Balaban J connectivity index is 3.15. The van der Waals surface area contributed by atoms with Crippen molar-refractivity contribution in [2.45, 2.75) is 30.7 Å². The Morgan fingerprint density at radius 2 is 2.11 bits per heavy atom. The second kappa shape index (κ2) is 5.99. The molecule has 104 valence electrons. The fraction of sp³-hybridized carbons (Fsp3) is 0.333. The Bertz CT molecular complexity index is 609. The Hall–Kier alpha value is -1.65. The van der Waals surface area contributed by atoms with Gasteiger partial charge in [0.1, 0.15) is 16.4 Å². The van der Waals surface area contributed by atoms with Gasteiger partial charge in [0, 0.05) is 12.5 Å². The molecule has 0 aromatic heterocycles. The van der Waals surface area contributed by atoms with E-state index >= 15 is 0 Å². The second-order valence-electron chi connectivity index (χ2n) is 3.91. The van der Waals surface area contributed by atoms with Gasteiger partial charge in [0.15, 0.2) is 5.82 Å². The lowest BCUT2D eigenvalue weighted by Gasteiger charge is -2.15. The van der Waals surface area contributed by atoms with E-state index in [1.807, 2.05) is 0 Å². The molecule has 0 aliphatic carbocycles. The summed E-state index contributed by atoms with van der Waals surface area (Å²) in [5, 5.41) is 0. The lowest BCUT2D eigenvalue weighted by Crippen LogP contribution is -2.34. The Morgan fingerprint density at radius 1 is 1.47 bits per heavy atom. The Labute approximate surface area is 111 Å². The van der Waals surface area contributed by atoms with Crippen LogP contribution in [-0.2, 0) is 10.0 Å². The molecule has 0 spiro atoms. The van der Waals surface area contributed by atoms with Gasteiger partial charge >= 0.3 is 0 Å². The van der Waals surface area contributed by atoms with Crippen LogP contribution in [0.15, 0.2) is 17.0 Å². The molecular weight excluding hydrogens is 274 g/mol. The fourth-order valence-corrected chi connectivity index (χ4v) is 2.86. The van der Waals surface area contributed by atoms with E-state index in [-0.39, 0.29) is 6.42 Å². The normalized spacial score (nSPS) is 12.9. The second-order valence-corrected chi connectivity index (χ2v) is 5.59. The predicted octanol–water partition coefficient (Wildman–Crippen LogP) is 1.63. The Kier molecular flexibility index (Phi) is 4.86. The van der Waals surface area contributed by atoms with Crippen molar-refractivity contribution in [3.8, 4) is 12.3 Å². The van der Waals surface area contributed by atoms with Gasteiger partial charge in [0.05, 0.1) is 0 Å². The van der Waals surface area contributed by atoms with Gasteiger partial charge in [-0.25, -0.2) is 21.9 Å². The monoisotopic (exact) mass is 288 g/mol. The molecule has 1 unspecified atom stereocenters. The first-order valence-corrected chi connectivity index (χ1v) is 7.01. The van der Waals surface area contributed by atoms with Gasteiger partial charge in [-0.05, 0) is 18.6 Å². The zero-order valence-corrected chi connectivity index (χ0v) is 11.1. The average Bonchev–Trinajstić information content (AvgIpc) is 2.34. The zero-order chi connectivity index (χ0) is 14.6. The third-order valence-corrected chi connectivity index (χ3v) is 4.10. The van der Waals surface area contributed by atoms with Crippen LogP contribution in [0.4, 0.5) is 14.5 Å². The number of sulfonamides is 1. The topological polar surface area (TPSA) is 72.2 Å². The maximum atomic E-state index is 13.7. The standard InChI is InChI=1S/C12H14F2N2O2S/c1-3-5-8(4-2)16-19(17,18)10-7-6-9(13)12(15)11(10)14/h1,6-8,16H,4-5,15H2,2H3. The van der Waals surface area contributed by atoms with E-state index in [4.69, 9.17) is 12.2 Å². The molecule has 1 aromatic carbocycles. The summed E-state index contributed by atoms with van der Waals surface area (Å²) in [6, 6.07) is 1.11. The fourth-order valence-electron chi connectivity index (χ4n) is 1.45. The maximum absolute atomic E-state index is 13.7. The van der Waals surface area contributed by atoms with Crippen molar-refractivity contribution in [3.63, 3.8) is 0 Å². The minimum absolute atomic E-state index is 0.175. The number of rotatable bonds is 5. The third kappa shape index (κ3) is 3.43. The van der Waals surface area contributed by atoms with E-state index in [9.17, 15) is 17.2 Å². The van der Waals surface area contributed by atoms with Crippen LogP contribution in [0, 0.1) is 24.0 Å². The summed E-state index contributed by atoms with van der Waals surface area (Å²) < 4.78 is 52.8. The SMILES string of the molecule is C#CCC(CC)NS(=O)(=O)c1ccc(F)c(N)c1F. The van der Waals surface area contributed by atoms with Crippen LogP contribution >= 0.6 is 0 Å². The summed E-state index contributed by atoms with van der Waals surface area (Å²) in [6.45, 7) is 1.74. The molecule has 0 bridgehead atoms. The molecule has 1 aromatic rings. The van der Waals surface area contributed by atoms with Crippen LogP contribution in [0.3, 0.4) is 0 Å². The smallest absolute Gasteiger partial charge is 0.243 e. The summed E-state index contributed by atoms with van der Waals surface area (Å²) >= 11 is 0. The zero-order valence-electron chi connectivity index (χ0n) is 10.3. The molecule has 4 nitrogen and oxygen atoms in total. The molecular formula is C12H14F2N2O2S. The molecule has 0 fully saturated rings. The number of nitrogens with one attached hydrogen (secondary N) is 1. The van der Waals surface area contributed by atoms with Crippen LogP contribution in [0.25, 0.3) is 0 Å². The van der Waals surface area contributed by atoms with Crippen molar-refractivity contribution in [2.24, 2.45) is 0 Å². The Morgan fingerprint density at radius 3 is 2.63 bits per heavy atom. The minimum Gasteiger partial charge on any atom is -0.394 e. The molecule has 0 radical (unpaired) electrons. The molecule has 0 aliphatic rings. The van der Waals surface area contributed by atoms with Crippen LogP contribution < -0.4 is 10.5 Å².